The second-order valence-electron chi connectivity index (χ2n) is 5.73. The summed E-state index contributed by atoms with van der Waals surface area (Å²) in [6.45, 7) is 0. The zero-order valence-corrected chi connectivity index (χ0v) is 11.3. The van der Waals surface area contributed by atoms with Gasteiger partial charge in [-0.3, -0.25) is 14.9 Å². The minimum Gasteiger partial charge on any atom is -0.461 e. The van der Waals surface area contributed by atoms with Crippen LogP contribution in [0.15, 0.2) is 51.5 Å². The van der Waals surface area contributed by atoms with E-state index in [1.807, 2.05) is 12.2 Å². The summed E-state index contributed by atoms with van der Waals surface area (Å²) in [5.41, 5.74) is -1.00. The largest absolute Gasteiger partial charge is 0.461 e. The van der Waals surface area contributed by atoms with E-state index in [1.54, 1.807) is 30.5 Å². The fraction of sp³-hybridized carbons (Fsp3) is 0.250. The number of carbonyl (C=O) groups is 2. The molecule has 2 fully saturated rings. The first-order chi connectivity index (χ1) is 10.7. The van der Waals surface area contributed by atoms with E-state index >= 15 is 0 Å². The molecule has 110 valence electrons. The Morgan fingerprint density at radius 2 is 2.00 bits per heavy atom. The molecule has 0 spiro atoms. The fourth-order valence-electron chi connectivity index (χ4n) is 3.70. The van der Waals surface area contributed by atoms with Crippen LogP contribution in [0.2, 0.25) is 0 Å². The van der Waals surface area contributed by atoms with Crippen LogP contribution in [0.25, 0.3) is 11.5 Å². The van der Waals surface area contributed by atoms with Crippen molar-refractivity contribution in [3.8, 4) is 11.5 Å². The van der Waals surface area contributed by atoms with Gasteiger partial charge in [0.2, 0.25) is 11.8 Å². The number of hydrogen-bond donors (Lipinski definition) is 1. The highest BCUT2D eigenvalue weighted by molar-refractivity contribution is 6.07. The summed E-state index contributed by atoms with van der Waals surface area (Å²) < 4.78 is 17.1. The van der Waals surface area contributed by atoms with Gasteiger partial charge >= 0.3 is 0 Å². The summed E-state index contributed by atoms with van der Waals surface area (Å²) in [4.78, 5) is 24.1. The number of fused-ring (bicyclic) bond motifs is 5. The average molecular weight is 297 g/mol. The number of carbonyl (C=O) groups excluding carboxylic acids is 2. The van der Waals surface area contributed by atoms with Crippen molar-refractivity contribution in [3.63, 3.8) is 0 Å². The van der Waals surface area contributed by atoms with Crippen LogP contribution in [0.4, 0.5) is 0 Å². The smallest absolute Gasteiger partial charge is 0.234 e. The third-order valence-corrected chi connectivity index (χ3v) is 4.63. The summed E-state index contributed by atoms with van der Waals surface area (Å²) in [6.07, 6.45) is 4.83. The van der Waals surface area contributed by atoms with Crippen molar-refractivity contribution in [1.82, 2.24) is 5.32 Å². The minimum absolute atomic E-state index is 0.274. The van der Waals surface area contributed by atoms with Gasteiger partial charge in [-0.15, -0.1) is 0 Å². The molecule has 4 atom stereocenters. The summed E-state index contributed by atoms with van der Waals surface area (Å²) >= 11 is 0. The SMILES string of the molecule is O=C1NC(=O)C2C1C1C=CC2(c2ccc(-c3ccco3)o2)O1. The molecule has 6 nitrogen and oxygen atoms in total. The number of hydrogen-bond acceptors (Lipinski definition) is 5. The van der Waals surface area contributed by atoms with Crippen LogP contribution < -0.4 is 5.32 Å². The topological polar surface area (TPSA) is 81.7 Å². The lowest BCUT2D eigenvalue weighted by molar-refractivity contribution is -0.131. The van der Waals surface area contributed by atoms with E-state index in [0.29, 0.717) is 17.3 Å². The Bertz CT molecular complexity index is 817. The molecule has 4 unspecified atom stereocenters. The monoisotopic (exact) mass is 297 g/mol. The minimum atomic E-state index is -1.00. The molecular weight excluding hydrogens is 286 g/mol. The fourth-order valence-corrected chi connectivity index (χ4v) is 3.70. The van der Waals surface area contributed by atoms with Gasteiger partial charge < -0.3 is 13.6 Å². The first-order valence-corrected chi connectivity index (χ1v) is 7.05. The van der Waals surface area contributed by atoms with Crippen molar-refractivity contribution in [2.24, 2.45) is 11.8 Å². The molecule has 2 aromatic heterocycles. The standard InChI is InChI=1S/C16H11NO5/c18-14-12-10-5-6-16(22-10,13(12)15(19)17-14)11-4-3-9(21-11)8-2-1-7-20-8/h1-7,10,12-13H,(H,17,18,19). The van der Waals surface area contributed by atoms with Crippen molar-refractivity contribution in [1.29, 1.82) is 0 Å². The molecule has 2 saturated heterocycles. The quantitative estimate of drug-likeness (QED) is 0.672. The Morgan fingerprint density at radius 1 is 1.09 bits per heavy atom. The lowest BCUT2D eigenvalue weighted by Crippen LogP contribution is -2.36. The summed E-state index contributed by atoms with van der Waals surface area (Å²) in [7, 11) is 0. The predicted octanol–water partition coefficient (Wildman–Crippen LogP) is 1.59. The summed E-state index contributed by atoms with van der Waals surface area (Å²) in [6, 6.07) is 7.10. The molecule has 0 radical (unpaired) electrons. The van der Waals surface area contributed by atoms with E-state index in [1.165, 1.54) is 0 Å². The zero-order chi connectivity index (χ0) is 14.9. The predicted molar refractivity (Wildman–Crippen MR) is 72.2 cm³/mol. The third kappa shape index (κ3) is 1.28. The van der Waals surface area contributed by atoms with Gasteiger partial charge in [-0.25, -0.2) is 0 Å². The van der Waals surface area contributed by atoms with Crippen molar-refractivity contribution in [2.45, 2.75) is 11.7 Å². The highest BCUT2D eigenvalue weighted by Gasteiger charge is 2.67. The molecule has 5 heterocycles. The van der Waals surface area contributed by atoms with E-state index in [9.17, 15) is 9.59 Å². The molecule has 0 saturated carbocycles. The van der Waals surface area contributed by atoms with Crippen LogP contribution in [0, 0.1) is 11.8 Å². The number of nitrogens with one attached hydrogen (secondary N) is 1. The molecule has 3 aliphatic heterocycles. The van der Waals surface area contributed by atoms with Gasteiger partial charge in [0.05, 0.1) is 24.2 Å². The van der Waals surface area contributed by atoms with Crippen LogP contribution >= 0.6 is 0 Å². The number of rotatable bonds is 2. The molecule has 22 heavy (non-hydrogen) atoms. The Morgan fingerprint density at radius 3 is 2.82 bits per heavy atom. The molecule has 6 heteroatoms. The Kier molecular flexibility index (Phi) is 2.06. The lowest BCUT2D eigenvalue weighted by atomic mass is 9.76. The first kappa shape index (κ1) is 12.0. The number of imide groups is 1. The Labute approximate surface area is 124 Å². The Balaban J connectivity index is 1.62. The third-order valence-electron chi connectivity index (χ3n) is 4.63. The summed E-state index contributed by atoms with van der Waals surface area (Å²) in [5.74, 6) is 0.0304. The molecule has 0 aliphatic carbocycles. The van der Waals surface area contributed by atoms with Gasteiger partial charge in [0.1, 0.15) is 5.76 Å². The normalized spacial score (nSPS) is 35.2. The van der Waals surface area contributed by atoms with E-state index in [4.69, 9.17) is 13.6 Å². The van der Waals surface area contributed by atoms with Crippen molar-refractivity contribution < 1.29 is 23.2 Å². The second kappa shape index (κ2) is 3.78. The molecule has 3 aliphatic rings. The van der Waals surface area contributed by atoms with Crippen LogP contribution in [-0.2, 0) is 19.9 Å². The average Bonchev–Trinajstić information content (AvgIpc) is 3.29. The molecule has 2 bridgehead atoms. The van der Waals surface area contributed by atoms with Crippen LogP contribution in [0.3, 0.4) is 0 Å². The molecule has 5 rings (SSSR count). The summed E-state index contributed by atoms with van der Waals surface area (Å²) in [5, 5.41) is 2.39. The van der Waals surface area contributed by atoms with Crippen molar-refractivity contribution in [2.75, 3.05) is 0 Å². The van der Waals surface area contributed by atoms with Gasteiger partial charge in [0.25, 0.3) is 0 Å². The molecule has 2 amide bonds. The first-order valence-electron chi connectivity index (χ1n) is 7.05. The van der Waals surface area contributed by atoms with Crippen LogP contribution in [-0.4, -0.2) is 17.9 Å². The highest BCUT2D eigenvalue weighted by Crippen LogP contribution is 2.55. The lowest BCUT2D eigenvalue weighted by Gasteiger charge is -2.25. The second-order valence-corrected chi connectivity index (χ2v) is 5.73. The highest BCUT2D eigenvalue weighted by atomic mass is 16.5. The molecule has 0 aromatic carbocycles. The van der Waals surface area contributed by atoms with Crippen molar-refractivity contribution >= 4 is 11.8 Å². The number of amides is 2. The van der Waals surface area contributed by atoms with E-state index in [0.717, 1.165) is 0 Å². The maximum absolute atomic E-state index is 12.2. The maximum atomic E-state index is 12.2. The molecule has 2 aromatic rings. The Hall–Kier alpha value is -2.60. The van der Waals surface area contributed by atoms with Gasteiger partial charge in [0, 0.05) is 0 Å². The van der Waals surface area contributed by atoms with E-state index in [-0.39, 0.29) is 17.9 Å². The molecular formula is C16H11NO5. The van der Waals surface area contributed by atoms with E-state index in [2.05, 4.69) is 5.32 Å². The maximum Gasteiger partial charge on any atom is 0.234 e. The van der Waals surface area contributed by atoms with Gasteiger partial charge in [0.15, 0.2) is 17.1 Å². The number of furan rings is 2. The van der Waals surface area contributed by atoms with Crippen molar-refractivity contribution in [3.05, 3.63) is 48.4 Å². The van der Waals surface area contributed by atoms with Gasteiger partial charge in [-0.05, 0) is 30.3 Å². The number of ether oxygens (including phenoxy) is 1. The van der Waals surface area contributed by atoms with Crippen LogP contribution in [0.5, 0.6) is 0 Å². The molecule has 1 N–H and O–H groups in total. The van der Waals surface area contributed by atoms with Crippen LogP contribution in [0.1, 0.15) is 5.76 Å². The zero-order valence-electron chi connectivity index (χ0n) is 11.3. The van der Waals surface area contributed by atoms with E-state index < -0.39 is 17.4 Å². The van der Waals surface area contributed by atoms with Gasteiger partial charge in [-0.2, -0.15) is 0 Å². The van der Waals surface area contributed by atoms with Gasteiger partial charge in [-0.1, -0.05) is 6.08 Å².